The summed E-state index contributed by atoms with van der Waals surface area (Å²) in [6.45, 7) is 9.02. The van der Waals surface area contributed by atoms with Gasteiger partial charge in [-0.2, -0.15) is 0 Å². The van der Waals surface area contributed by atoms with E-state index in [0.717, 1.165) is 6.04 Å². The van der Waals surface area contributed by atoms with Crippen molar-refractivity contribution >= 4 is 0 Å². The Hall–Kier alpha value is -0.240. The van der Waals surface area contributed by atoms with Gasteiger partial charge >= 0.3 is 0 Å². The number of rotatable bonds is 10. The minimum atomic E-state index is 0.187. The van der Waals surface area contributed by atoms with Gasteiger partial charge in [0.05, 0.1) is 13.2 Å². The topological polar surface area (TPSA) is 53.4 Å². The Morgan fingerprint density at radius 1 is 0.840 bits per heavy atom. The Morgan fingerprint density at radius 3 is 1.96 bits per heavy atom. The molecule has 0 saturated carbocycles. The predicted molar refractivity (Wildman–Crippen MR) is 103 cm³/mol. The van der Waals surface area contributed by atoms with Crippen molar-refractivity contribution in [2.75, 3.05) is 79.7 Å². The molecule has 2 saturated heterocycles. The third kappa shape index (κ3) is 7.12. The van der Waals surface area contributed by atoms with Crippen molar-refractivity contribution in [2.45, 2.75) is 44.2 Å². The van der Waals surface area contributed by atoms with Gasteiger partial charge in [0.2, 0.25) is 0 Å². The quantitative estimate of drug-likeness (QED) is 0.581. The first-order valence-electron chi connectivity index (χ1n) is 10.2. The lowest BCUT2D eigenvalue weighted by molar-refractivity contribution is 0.0422. The van der Waals surface area contributed by atoms with Crippen molar-refractivity contribution in [1.82, 2.24) is 19.6 Å². The Balaban J connectivity index is 1.66. The van der Waals surface area contributed by atoms with E-state index in [0.29, 0.717) is 19.1 Å². The van der Waals surface area contributed by atoms with Gasteiger partial charge in [-0.15, -0.1) is 0 Å². The van der Waals surface area contributed by atoms with E-state index >= 15 is 0 Å². The van der Waals surface area contributed by atoms with Crippen LogP contribution in [0.3, 0.4) is 0 Å². The van der Waals surface area contributed by atoms with Crippen molar-refractivity contribution in [3.63, 3.8) is 0 Å². The maximum atomic E-state index is 9.23. The molecule has 2 fully saturated rings. The zero-order valence-corrected chi connectivity index (χ0v) is 16.4. The molecule has 0 atom stereocenters. The van der Waals surface area contributed by atoms with Crippen LogP contribution in [0.5, 0.6) is 0 Å². The maximum Gasteiger partial charge on any atom is 0.0558 e. The highest BCUT2D eigenvalue weighted by Gasteiger charge is 2.29. The second-order valence-corrected chi connectivity index (χ2v) is 7.98. The molecule has 0 unspecified atom stereocenters. The summed E-state index contributed by atoms with van der Waals surface area (Å²) in [5, 5.41) is 18.5. The van der Waals surface area contributed by atoms with Crippen LogP contribution in [0.1, 0.15) is 32.1 Å². The Kier molecular flexibility index (Phi) is 9.66. The summed E-state index contributed by atoms with van der Waals surface area (Å²) in [6, 6.07) is 1.29. The molecule has 2 rings (SSSR count). The van der Waals surface area contributed by atoms with E-state index in [1.807, 2.05) is 0 Å². The molecule has 25 heavy (non-hydrogen) atoms. The summed E-state index contributed by atoms with van der Waals surface area (Å²) in [7, 11) is 4.30. The summed E-state index contributed by atoms with van der Waals surface area (Å²) < 4.78 is 0. The van der Waals surface area contributed by atoms with Crippen LogP contribution in [-0.4, -0.2) is 122 Å². The van der Waals surface area contributed by atoms with Gasteiger partial charge in [-0.25, -0.2) is 0 Å². The molecule has 0 amide bonds. The third-order valence-electron chi connectivity index (χ3n) is 5.94. The lowest BCUT2D eigenvalue weighted by Crippen LogP contribution is -2.52. The number of piperidine rings is 2. The SMILES string of the molecule is CN(C)CCCN1CCC(N2CCC(N(CCO)CCO)CC2)CC1. The fourth-order valence-corrected chi connectivity index (χ4v) is 4.47. The van der Waals surface area contributed by atoms with Crippen LogP contribution in [0.25, 0.3) is 0 Å². The monoisotopic (exact) mass is 356 g/mol. The van der Waals surface area contributed by atoms with Gasteiger partial charge in [-0.3, -0.25) is 4.90 Å². The number of likely N-dealkylation sites (tertiary alicyclic amines) is 2. The molecular formula is C19H40N4O2. The highest BCUT2D eigenvalue weighted by molar-refractivity contribution is 4.86. The predicted octanol–water partition coefficient (Wildman–Crippen LogP) is 0.154. The third-order valence-corrected chi connectivity index (χ3v) is 5.94. The highest BCUT2D eigenvalue weighted by atomic mass is 16.3. The molecule has 0 aromatic rings. The van der Waals surface area contributed by atoms with E-state index < -0.39 is 0 Å². The van der Waals surface area contributed by atoms with Crippen LogP contribution in [0.2, 0.25) is 0 Å². The summed E-state index contributed by atoms with van der Waals surface area (Å²) >= 11 is 0. The lowest BCUT2D eigenvalue weighted by atomic mass is 9.97. The minimum absolute atomic E-state index is 0.187. The molecule has 2 N–H and O–H groups in total. The fourth-order valence-electron chi connectivity index (χ4n) is 4.47. The summed E-state index contributed by atoms with van der Waals surface area (Å²) in [5.41, 5.74) is 0. The fraction of sp³-hybridized carbons (Fsp3) is 1.00. The van der Waals surface area contributed by atoms with Crippen molar-refractivity contribution in [3.05, 3.63) is 0 Å². The number of aliphatic hydroxyl groups excluding tert-OH is 2. The largest absolute Gasteiger partial charge is 0.395 e. The van der Waals surface area contributed by atoms with E-state index in [1.54, 1.807) is 0 Å². The van der Waals surface area contributed by atoms with Crippen molar-refractivity contribution in [1.29, 1.82) is 0 Å². The average Bonchev–Trinajstić information content (AvgIpc) is 2.62. The number of nitrogens with zero attached hydrogens (tertiary/aromatic N) is 4. The smallest absolute Gasteiger partial charge is 0.0558 e. The first-order chi connectivity index (χ1) is 12.1. The summed E-state index contributed by atoms with van der Waals surface area (Å²) in [5.74, 6) is 0. The van der Waals surface area contributed by atoms with Crippen LogP contribution < -0.4 is 0 Å². The molecule has 0 radical (unpaired) electrons. The number of hydrogen-bond acceptors (Lipinski definition) is 6. The van der Waals surface area contributed by atoms with Crippen molar-refractivity contribution < 1.29 is 10.2 Å². The van der Waals surface area contributed by atoms with E-state index in [1.165, 1.54) is 71.4 Å². The number of hydrogen-bond donors (Lipinski definition) is 2. The molecule has 0 aliphatic carbocycles. The van der Waals surface area contributed by atoms with Crippen LogP contribution in [0.4, 0.5) is 0 Å². The molecule has 2 aliphatic heterocycles. The van der Waals surface area contributed by atoms with Crippen LogP contribution >= 0.6 is 0 Å². The maximum absolute atomic E-state index is 9.23. The molecule has 6 heteroatoms. The van der Waals surface area contributed by atoms with Gasteiger partial charge in [0, 0.05) is 25.2 Å². The second-order valence-electron chi connectivity index (χ2n) is 7.98. The van der Waals surface area contributed by atoms with Gasteiger partial charge in [-0.1, -0.05) is 0 Å². The molecule has 2 heterocycles. The van der Waals surface area contributed by atoms with Gasteiger partial charge in [0.15, 0.2) is 0 Å². The molecule has 148 valence electrons. The second kappa shape index (κ2) is 11.5. The van der Waals surface area contributed by atoms with Crippen LogP contribution in [0.15, 0.2) is 0 Å². The molecule has 0 aromatic heterocycles. The molecule has 6 nitrogen and oxygen atoms in total. The van der Waals surface area contributed by atoms with Gasteiger partial charge in [0.25, 0.3) is 0 Å². The first-order valence-corrected chi connectivity index (χ1v) is 10.2. The van der Waals surface area contributed by atoms with E-state index in [-0.39, 0.29) is 13.2 Å². The zero-order valence-electron chi connectivity index (χ0n) is 16.4. The van der Waals surface area contributed by atoms with Crippen molar-refractivity contribution in [2.24, 2.45) is 0 Å². The summed E-state index contributed by atoms with van der Waals surface area (Å²) in [4.78, 5) is 9.87. The van der Waals surface area contributed by atoms with E-state index in [9.17, 15) is 10.2 Å². The lowest BCUT2D eigenvalue weighted by Gasteiger charge is -2.44. The Bertz CT molecular complexity index is 334. The first kappa shape index (κ1) is 21.1. The molecule has 0 aromatic carbocycles. The van der Waals surface area contributed by atoms with E-state index in [2.05, 4.69) is 33.7 Å². The summed E-state index contributed by atoms with van der Waals surface area (Å²) in [6.07, 6.45) is 6.23. The van der Waals surface area contributed by atoms with Gasteiger partial charge in [-0.05, 0) is 85.5 Å². The highest BCUT2D eigenvalue weighted by Crippen LogP contribution is 2.23. The average molecular weight is 357 g/mol. The zero-order chi connectivity index (χ0) is 18.1. The van der Waals surface area contributed by atoms with Gasteiger partial charge < -0.3 is 24.9 Å². The molecule has 0 spiro atoms. The van der Waals surface area contributed by atoms with Crippen LogP contribution in [0, 0.1) is 0 Å². The van der Waals surface area contributed by atoms with Crippen LogP contribution in [-0.2, 0) is 0 Å². The number of aliphatic hydroxyl groups is 2. The van der Waals surface area contributed by atoms with Gasteiger partial charge in [0.1, 0.15) is 0 Å². The minimum Gasteiger partial charge on any atom is -0.395 e. The molecule has 2 aliphatic rings. The van der Waals surface area contributed by atoms with E-state index in [4.69, 9.17) is 0 Å². The Morgan fingerprint density at radius 2 is 1.44 bits per heavy atom. The van der Waals surface area contributed by atoms with Crippen molar-refractivity contribution in [3.8, 4) is 0 Å². The standard InChI is InChI=1S/C19H40N4O2/c1-20(2)8-3-9-21-10-4-18(5-11-21)22-12-6-19(7-13-22)23(14-16-24)15-17-25/h18-19,24-25H,3-17H2,1-2H3. The Labute approximate surface area is 154 Å². The normalized spacial score (nSPS) is 22.3. The molecule has 0 bridgehead atoms. The molecular weight excluding hydrogens is 316 g/mol.